The maximum atomic E-state index is 4.52. The molecule has 158 valence electrons. The predicted molar refractivity (Wildman–Crippen MR) is 144 cm³/mol. The van der Waals surface area contributed by atoms with E-state index in [2.05, 4.69) is 101 Å². The predicted octanol–water partition coefficient (Wildman–Crippen LogP) is 7.25. The van der Waals surface area contributed by atoms with Gasteiger partial charge in [-0.3, -0.25) is 0 Å². The second-order valence-electron chi connectivity index (χ2n) is 9.25. The topological polar surface area (TPSA) is 0 Å². The highest BCUT2D eigenvalue weighted by Gasteiger charge is 2.29. The molecule has 0 unspecified atom stereocenters. The Kier molecular flexibility index (Phi) is 8.22. The fourth-order valence-electron chi connectivity index (χ4n) is 4.17. The molecule has 2 heteroatoms. The Hall–Kier alpha value is -2.17. The van der Waals surface area contributed by atoms with Crippen molar-refractivity contribution in [3.05, 3.63) is 96.4 Å². The van der Waals surface area contributed by atoms with Gasteiger partial charge in [-0.2, -0.15) is 0 Å². The van der Waals surface area contributed by atoms with Crippen LogP contribution in [0, 0.1) is 0 Å². The van der Waals surface area contributed by atoms with Crippen LogP contribution in [0.15, 0.2) is 85.2 Å². The molecule has 0 aliphatic heterocycles. The van der Waals surface area contributed by atoms with Crippen LogP contribution >= 0.6 is 0 Å². The molecule has 0 radical (unpaired) electrons. The first-order chi connectivity index (χ1) is 14.2. The summed E-state index contributed by atoms with van der Waals surface area (Å²) in [4.78, 5) is 0. The van der Waals surface area contributed by atoms with Crippen LogP contribution in [0.2, 0.25) is 26.2 Å². The molecule has 0 aliphatic rings. The summed E-state index contributed by atoms with van der Waals surface area (Å²) in [5.74, 6) is 0. The summed E-state index contributed by atoms with van der Waals surface area (Å²) >= 11 is 0. The van der Waals surface area contributed by atoms with Gasteiger partial charge < -0.3 is 0 Å². The number of rotatable bonds is 11. The number of hydrogen-bond acceptors (Lipinski definition) is 0. The van der Waals surface area contributed by atoms with Gasteiger partial charge in [-0.15, -0.1) is 13.2 Å². The summed E-state index contributed by atoms with van der Waals surface area (Å²) in [5.41, 5.74) is 2.52. The minimum atomic E-state index is -1.72. The van der Waals surface area contributed by atoms with E-state index >= 15 is 0 Å². The first-order valence-electron chi connectivity index (χ1n) is 11.0. The molecule has 2 rings (SSSR count). The van der Waals surface area contributed by atoms with Crippen molar-refractivity contribution >= 4 is 38.7 Å². The average Bonchev–Trinajstić information content (AvgIpc) is 2.75. The maximum absolute atomic E-state index is 4.52. The second-order valence-corrected chi connectivity index (χ2v) is 18.2. The first-order valence-corrected chi connectivity index (χ1v) is 17.0. The van der Waals surface area contributed by atoms with Gasteiger partial charge in [0.25, 0.3) is 0 Å². The van der Waals surface area contributed by atoms with Gasteiger partial charge >= 0.3 is 0 Å². The van der Waals surface area contributed by atoms with Gasteiger partial charge in [0.05, 0.1) is 0 Å². The summed E-state index contributed by atoms with van der Waals surface area (Å²) < 4.78 is 0. The molecular weight excluding hydrogens is 392 g/mol. The van der Waals surface area contributed by atoms with Crippen molar-refractivity contribution in [3.8, 4) is 0 Å². The average molecular weight is 431 g/mol. The number of unbranched alkanes of at least 4 members (excludes halogenated alkanes) is 1. The van der Waals surface area contributed by atoms with E-state index in [-0.39, 0.29) is 0 Å². The van der Waals surface area contributed by atoms with Crippen LogP contribution in [0.25, 0.3) is 12.2 Å². The van der Waals surface area contributed by atoms with Gasteiger partial charge in [0, 0.05) is 0 Å². The molecule has 0 aliphatic carbocycles. The van der Waals surface area contributed by atoms with Gasteiger partial charge in [-0.1, -0.05) is 110 Å². The zero-order valence-corrected chi connectivity index (χ0v) is 21.4. The normalized spacial score (nSPS) is 11.7. The molecule has 0 amide bonds. The third kappa shape index (κ3) is 5.30. The summed E-state index contributed by atoms with van der Waals surface area (Å²) in [6, 6.07) is 17.3. The molecule has 0 saturated carbocycles. The van der Waals surface area contributed by atoms with E-state index in [1.54, 1.807) is 0 Å². The van der Waals surface area contributed by atoms with E-state index < -0.39 is 16.1 Å². The molecule has 0 bridgehead atoms. The van der Waals surface area contributed by atoms with Crippen molar-refractivity contribution in [2.45, 2.75) is 51.9 Å². The van der Waals surface area contributed by atoms with Crippen LogP contribution < -0.4 is 10.4 Å². The molecule has 0 saturated heterocycles. The van der Waals surface area contributed by atoms with Crippen molar-refractivity contribution in [3.63, 3.8) is 0 Å². The molecule has 2 aromatic carbocycles. The van der Waals surface area contributed by atoms with Crippen molar-refractivity contribution in [2.24, 2.45) is 0 Å². The number of allylic oxidation sites excluding steroid dienone is 2. The Morgan fingerprint density at radius 2 is 1.00 bits per heavy atom. The standard InChI is InChI=1S/C28H38Si2/c1-9-25-19-13-15-21-27(25)29(5,6)23(3)17-11-12-18-24(4)30(7,8)28-22-16-14-20-26(28)10-2/h9-10,13-16,19-22H,1-4,11-12,17-18H2,5-8H3. The molecular formula is C28H38Si2. The van der Waals surface area contributed by atoms with Crippen LogP contribution in [0.1, 0.15) is 36.8 Å². The van der Waals surface area contributed by atoms with Crippen LogP contribution in [0.4, 0.5) is 0 Å². The summed E-state index contributed by atoms with van der Waals surface area (Å²) in [6.07, 6.45) is 8.52. The summed E-state index contributed by atoms with van der Waals surface area (Å²) in [6.45, 7) is 26.7. The lowest BCUT2D eigenvalue weighted by molar-refractivity contribution is 0.748. The van der Waals surface area contributed by atoms with Crippen molar-refractivity contribution in [1.82, 2.24) is 0 Å². The van der Waals surface area contributed by atoms with E-state index in [1.807, 2.05) is 12.2 Å². The number of hydrogen-bond donors (Lipinski definition) is 0. The third-order valence-corrected chi connectivity index (χ3v) is 14.3. The molecule has 0 nitrogen and oxygen atoms in total. The highest BCUT2D eigenvalue weighted by molar-refractivity contribution is 6.96. The van der Waals surface area contributed by atoms with Gasteiger partial charge in [0.1, 0.15) is 16.1 Å². The smallest absolute Gasteiger partial charge is 0.103 e. The van der Waals surface area contributed by atoms with Crippen molar-refractivity contribution in [1.29, 1.82) is 0 Å². The highest BCUT2D eigenvalue weighted by atomic mass is 28.3. The molecule has 0 N–H and O–H groups in total. The molecule has 0 fully saturated rings. The maximum Gasteiger partial charge on any atom is 0.107 e. The molecule has 0 aromatic heterocycles. The Morgan fingerprint density at radius 1 is 0.667 bits per heavy atom. The minimum Gasteiger partial charge on any atom is -0.103 e. The highest BCUT2D eigenvalue weighted by Crippen LogP contribution is 2.25. The van der Waals surface area contributed by atoms with Crippen molar-refractivity contribution < 1.29 is 0 Å². The largest absolute Gasteiger partial charge is 0.107 e. The van der Waals surface area contributed by atoms with Crippen LogP contribution in [-0.2, 0) is 0 Å². The lowest BCUT2D eigenvalue weighted by atomic mass is 10.2. The van der Waals surface area contributed by atoms with Crippen LogP contribution in [-0.4, -0.2) is 16.1 Å². The Bertz CT molecular complexity index is 854. The zero-order chi connectivity index (χ0) is 22.4. The van der Waals surface area contributed by atoms with Crippen molar-refractivity contribution in [2.75, 3.05) is 0 Å². The monoisotopic (exact) mass is 430 g/mol. The number of benzene rings is 2. The first kappa shape index (κ1) is 24.1. The molecule has 2 aromatic rings. The van der Waals surface area contributed by atoms with Gasteiger partial charge in [0.15, 0.2) is 0 Å². The fourth-order valence-corrected chi connectivity index (χ4v) is 9.38. The van der Waals surface area contributed by atoms with Gasteiger partial charge in [-0.25, -0.2) is 0 Å². The quantitative estimate of drug-likeness (QED) is 0.260. The lowest BCUT2D eigenvalue weighted by Gasteiger charge is -2.29. The van der Waals surface area contributed by atoms with E-state index in [0.29, 0.717) is 0 Å². The lowest BCUT2D eigenvalue weighted by Crippen LogP contribution is -2.45. The molecule has 30 heavy (non-hydrogen) atoms. The summed E-state index contributed by atoms with van der Waals surface area (Å²) in [5, 5.41) is 5.75. The SMILES string of the molecule is C=Cc1ccccc1[Si](C)(C)C(=C)CCCCC(=C)[Si](C)(C)c1ccccc1C=C. The molecule has 0 spiro atoms. The van der Waals surface area contributed by atoms with Crippen LogP contribution in [0.3, 0.4) is 0 Å². The van der Waals surface area contributed by atoms with Crippen LogP contribution in [0.5, 0.6) is 0 Å². The van der Waals surface area contributed by atoms with E-state index in [1.165, 1.54) is 44.7 Å². The Balaban J connectivity index is 1.97. The summed E-state index contributed by atoms with van der Waals surface area (Å²) in [7, 11) is -3.44. The fraction of sp³-hybridized carbons (Fsp3) is 0.286. The Labute approximate surface area is 186 Å². The van der Waals surface area contributed by atoms with Gasteiger partial charge in [-0.05, 0) is 47.2 Å². The van der Waals surface area contributed by atoms with Gasteiger partial charge in [0.2, 0.25) is 0 Å². The zero-order valence-electron chi connectivity index (χ0n) is 19.4. The molecule has 0 atom stereocenters. The second kappa shape index (κ2) is 10.2. The minimum absolute atomic E-state index is 1.10. The van der Waals surface area contributed by atoms with E-state index in [0.717, 1.165) is 12.8 Å². The van der Waals surface area contributed by atoms with E-state index in [4.69, 9.17) is 0 Å². The molecule has 0 heterocycles. The third-order valence-electron chi connectivity index (χ3n) is 6.68. The van der Waals surface area contributed by atoms with E-state index in [9.17, 15) is 0 Å². The Morgan fingerprint density at radius 3 is 1.33 bits per heavy atom.